The lowest BCUT2D eigenvalue weighted by Crippen LogP contribution is -2.28. The van der Waals surface area contributed by atoms with Crippen molar-refractivity contribution in [1.82, 2.24) is 0 Å². The van der Waals surface area contributed by atoms with Crippen LogP contribution in [-0.4, -0.2) is 18.4 Å². The van der Waals surface area contributed by atoms with Crippen molar-refractivity contribution in [3.8, 4) is 6.07 Å². The maximum absolute atomic E-state index is 13.0. The number of hydrogen-bond acceptors (Lipinski definition) is 3. The maximum atomic E-state index is 13.0. The van der Waals surface area contributed by atoms with Crippen molar-refractivity contribution in [2.24, 2.45) is 0 Å². The maximum Gasteiger partial charge on any atom is 0.267 e. The summed E-state index contributed by atoms with van der Waals surface area (Å²) in [5.41, 5.74) is 2.99. The fourth-order valence-electron chi connectivity index (χ4n) is 3.20. The number of hydrogen-bond donors (Lipinski definition) is 1. The Morgan fingerprint density at radius 2 is 1.96 bits per heavy atom. The first-order valence-corrected chi connectivity index (χ1v) is 9.00. The van der Waals surface area contributed by atoms with E-state index in [1.54, 1.807) is 17.0 Å². The van der Waals surface area contributed by atoms with Crippen LogP contribution in [0.3, 0.4) is 0 Å². The van der Waals surface area contributed by atoms with Crippen molar-refractivity contribution in [3.63, 3.8) is 0 Å². The average molecular weight is 359 g/mol. The van der Waals surface area contributed by atoms with Gasteiger partial charge in [0.05, 0.1) is 11.3 Å². The first kappa shape index (κ1) is 18.4. The Balaban J connectivity index is 2.02. The molecular weight excluding hydrogens is 338 g/mol. The summed E-state index contributed by atoms with van der Waals surface area (Å²) in [4.78, 5) is 27.4. The van der Waals surface area contributed by atoms with Crippen LogP contribution < -0.4 is 10.2 Å². The van der Waals surface area contributed by atoms with Gasteiger partial charge in [-0.15, -0.1) is 0 Å². The molecule has 0 unspecified atom stereocenters. The molecule has 0 aromatic heterocycles. The lowest BCUT2D eigenvalue weighted by Gasteiger charge is -2.16. The van der Waals surface area contributed by atoms with Gasteiger partial charge in [0.2, 0.25) is 0 Å². The lowest BCUT2D eigenvalue weighted by molar-refractivity contribution is -0.114. The zero-order valence-corrected chi connectivity index (χ0v) is 15.5. The third-order valence-electron chi connectivity index (χ3n) is 4.52. The van der Waals surface area contributed by atoms with Gasteiger partial charge >= 0.3 is 0 Å². The molecule has 2 aromatic carbocycles. The third kappa shape index (κ3) is 3.61. The molecule has 5 heteroatoms. The molecule has 1 N–H and O–H groups in total. The van der Waals surface area contributed by atoms with E-state index in [-0.39, 0.29) is 17.1 Å². The first-order valence-electron chi connectivity index (χ1n) is 9.00. The Bertz CT molecular complexity index is 970. The molecule has 3 rings (SSSR count). The monoisotopic (exact) mass is 359 g/mol. The highest BCUT2D eigenvalue weighted by Gasteiger charge is 2.35. The van der Waals surface area contributed by atoms with Crippen LogP contribution in [-0.2, 0) is 9.59 Å². The van der Waals surface area contributed by atoms with E-state index in [4.69, 9.17) is 0 Å². The fraction of sp³-hybridized carbons (Fsp3) is 0.227. The Morgan fingerprint density at radius 1 is 1.19 bits per heavy atom. The average Bonchev–Trinajstić information content (AvgIpc) is 2.93. The minimum absolute atomic E-state index is 0.159. The van der Waals surface area contributed by atoms with E-state index in [0.717, 1.165) is 24.1 Å². The van der Waals surface area contributed by atoms with Crippen LogP contribution in [0.25, 0.3) is 5.57 Å². The van der Waals surface area contributed by atoms with E-state index in [2.05, 4.69) is 12.2 Å². The van der Waals surface area contributed by atoms with Crippen LogP contribution in [0.2, 0.25) is 0 Å². The number of amides is 2. The second-order valence-electron chi connectivity index (χ2n) is 6.51. The molecule has 2 amide bonds. The number of benzene rings is 2. The molecule has 0 bridgehead atoms. The predicted molar refractivity (Wildman–Crippen MR) is 106 cm³/mol. The van der Waals surface area contributed by atoms with E-state index in [1.807, 2.05) is 49.4 Å². The van der Waals surface area contributed by atoms with Gasteiger partial charge in [0.15, 0.2) is 0 Å². The van der Waals surface area contributed by atoms with Crippen LogP contribution in [0.1, 0.15) is 30.9 Å². The smallest absolute Gasteiger partial charge is 0.267 e. The van der Waals surface area contributed by atoms with E-state index in [9.17, 15) is 14.9 Å². The molecule has 0 aliphatic carbocycles. The zero-order chi connectivity index (χ0) is 19.4. The number of fused-ring (bicyclic) bond motifs is 1. The molecular formula is C22H21N3O2. The van der Waals surface area contributed by atoms with Gasteiger partial charge in [-0.05, 0) is 37.1 Å². The second kappa shape index (κ2) is 7.88. The molecule has 1 heterocycles. The van der Waals surface area contributed by atoms with Crippen molar-refractivity contribution >= 4 is 28.8 Å². The van der Waals surface area contributed by atoms with Crippen LogP contribution in [0.15, 0.2) is 54.1 Å². The molecule has 0 fully saturated rings. The van der Waals surface area contributed by atoms with Crippen molar-refractivity contribution in [2.45, 2.75) is 26.7 Å². The number of unbranched alkanes of at least 4 members (excludes halogenated alkanes) is 1. The third-order valence-corrected chi connectivity index (χ3v) is 4.52. The van der Waals surface area contributed by atoms with E-state index >= 15 is 0 Å². The van der Waals surface area contributed by atoms with Crippen molar-refractivity contribution in [2.75, 3.05) is 16.8 Å². The van der Waals surface area contributed by atoms with E-state index < -0.39 is 5.91 Å². The van der Waals surface area contributed by atoms with Gasteiger partial charge in [-0.3, -0.25) is 9.59 Å². The summed E-state index contributed by atoms with van der Waals surface area (Å²) < 4.78 is 0. The van der Waals surface area contributed by atoms with Crippen LogP contribution >= 0.6 is 0 Å². The highest BCUT2D eigenvalue weighted by Crippen LogP contribution is 2.38. The Morgan fingerprint density at radius 3 is 2.67 bits per heavy atom. The number of rotatable bonds is 5. The Labute approximate surface area is 158 Å². The minimum atomic E-state index is -0.571. The molecule has 0 saturated carbocycles. The highest BCUT2D eigenvalue weighted by molar-refractivity contribution is 6.37. The zero-order valence-electron chi connectivity index (χ0n) is 15.5. The topological polar surface area (TPSA) is 73.2 Å². The SMILES string of the molecule is CCCCN1C(=O)C(=C(C#N)C(=O)Nc2cccc(C)c2)c2ccccc21. The van der Waals surface area contributed by atoms with Crippen molar-refractivity contribution in [3.05, 3.63) is 65.2 Å². The van der Waals surface area contributed by atoms with E-state index in [0.29, 0.717) is 17.8 Å². The first-order chi connectivity index (χ1) is 13.1. The molecule has 27 heavy (non-hydrogen) atoms. The minimum Gasteiger partial charge on any atom is -0.321 e. The number of aryl methyl sites for hydroxylation is 1. The summed E-state index contributed by atoms with van der Waals surface area (Å²) in [5.74, 6) is -0.862. The number of anilines is 2. The molecule has 2 aromatic rings. The fourth-order valence-corrected chi connectivity index (χ4v) is 3.20. The second-order valence-corrected chi connectivity index (χ2v) is 6.51. The van der Waals surface area contributed by atoms with E-state index in [1.165, 1.54) is 0 Å². The molecule has 0 saturated heterocycles. The summed E-state index contributed by atoms with van der Waals surface area (Å²) in [6.45, 7) is 4.54. The molecule has 0 atom stereocenters. The molecule has 5 nitrogen and oxygen atoms in total. The van der Waals surface area contributed by atoms with Gasteiger partial charge in [-0.1, -0.05) is 43.7 Å². The van der Waals surface area contributed by atoms with Crippen LogP contribution in [0.4, 0.5) is 11.4 Å². The summed E-state index contributed by atoms with van der Waals surface area (Å²) in [6, 6.07) is 16.6. The van der Waals surface area contributed by atoms with Gasteiger partial charge in [0.25, 0.3) is 11.8 Å². The number of carbonyl (C=O) groups is 2. The molecule has 0 spiro atoms. The number of nitriles is 1. The van der Waals surface area contributed by atoms with Gasteiger partial charge in [0.1, 0.15) is 11.6 Å². The lowest BCUT2D eigenvalue weighted by atomic mass is 10.0. The van der Waals surface area contributed by atoms with Gasteiger partial charge < -0.3 is 10.2 Å². The summed E-state index contributed by atoms with van der Waals surface area (Å²) in [7, 11) is 0. The standard InChI is InChI=1S/C22H21N3O2/c1-3-4-12-25-19-11-6-5-10-17(19)20(22(25)27)18(14-23)21(26)24-16-9-7-8-15(2)13-16/h5-11,13H,3-4,12H2,1-2H3,(H,24,26). The number of nitrogens with zero attached hydrogens (tertiary/aromatic N) is 2. The normalized spacial score (nSPS) is 14.6. The molecule has 1 aliphatic heterocycles. The molecule has 136 valence electrons. The van der Waals surface area contributed by atoms with Gasteiger partial charge in [-0.2, -0.15) is 5.26 Å². The van der Waals surface area contributed by atoms with Crippen LogP contribution in [0.5, 0.6) is 0 Å². The number of nitrogens with one attached hydrogen (secondary N) is 1. The van der Waals surface area contributed by atoms with Crippen LogP contribution in [0, 0.1) is 18.3 Å². The highest BCUT2D eigenvalue weighted by atomic mass is 16.2. The number of para-hydroxylation sites is 1. The Kier molecular flexibility index (Phi) is 5.37. The van der Waals surface area contributed by atoms with Gasteiger partial charge in [0, 0.05) is 17.8 Å². The number of carbonyl (C=O) groups excluding carboxylic acids is 2. The van der Waals surface area contributed by atoms with Gasteiger partial charge in [-0.25, -0.2) is 0 Å². The quantitative estimate of drug-likeness (QED) is 0.646. The van der Waals surface area contributed by atoms with Crippen molar-refractivity contribution in [1.29, 1.82) is 5.26 Å². The largest absolute Gasteiger partial charge is 0.321 e. The predicted octanol–water partition coefficient (Wildman–Crippen LogP) is 4.06. The summed E-state index contributed by atoms with van der Waals surface area (Å²) >= 11 is 0. The van der Waals surface area contributed by atoms with Crippen molar-refractivity contribution < 1.29 is 9.59 Å². The summed E-state index contributed by atoms with van der Waals surface area (Å²) in [5, 5.41) is 12.4. The summed E-state index contributed by atoms with van der Waals surface area (Å²) in [6.07, 6.45) is 1.80. The molecule has 1 aliphatic rings. The Hall–Kier alpha value is -3.39. The molecule has 0 radical (unpaired) electrons.